The van der Waals surface area contributed by atoms with Gasteiger partial charge in [0.2, 0.25) is 0 Å². The summed E-state index contributed by atoms with van der Waals surface area (Å²) < 4.78 is 5.49. The van der Waals surface area contributed by atoms with E-state index in [9.17, 15) is 20.4 Å². The summed E-state index contributed by atoms with van der Waals surface area (Å²) in [6.07, 6.45) is 6.04. The van der Waals surface area contributed by atoms with Gasteiger partial charge in [-0.15, -0.1) is 0 Å². The second-order valence-corrected chi connectivity index (χ2v) is 6.49. The molecule has 0 aromatic heterocycles. The highest BCUT2D eigenvalue weighted by molar-refractivity contribution is 5.03. The van der Waals surface area contributed by atoms with Crippen molar-refractivity contribution in [3.05, 3.63) is 11.8 Å². The molecule has 0 aromatic rings. The number of aliphatic hydroxyl groups is 4. The Morgan fingerprint density at radius 2 is 1.86 bits per heavy atom. The maximum atomic E-state index is 9.88. The van der Waals surface area contributed by atoms with Gasteiger partial charge >= 0.3 is 0 Å². The Morgan fingerprint density at radius 3 is 2.52 bits per heavy atom. The summed E-state index contributed by atoms with van der Waals surface area (Å²) in [5, 5.41) is 38.5. The maximum Gasteiger partial charge on any atom is 0.154 e. The smallest absolute Gasteiger partial charge is 0.154 e. The van der Waals surface area contributed by atoms with Crippen LogP contribution in [0.1, 0.15) is 51.4 Å². The average molecular weight is 300 g/mol. The van der Waals surface area contributed by atoms with Gasteiger partial charge in [0.1, 0.15) is 0 Å². The minimum absolute atomic E-state index is 0.0870. The first-order chi connectivity index (χ1) is 10.0. The third kappa shape index (κ3) is 5.58. The summed E-state index contributed by atoms with van der Waals surface area (Å²) in [5.74, 6) is 0.780. The zero-order valence-electron chi connectivity index (χ0n) is 12.5. The van der Waals surface area contributed by atoms with Gasteiger partial charge in [-0.3, -0.25) is 0 Å². The lowest BCUT2D eigenvalue weighted by atomic mass is 9.87. The predicted octanol–water partition coefficient (Wildman–Crippen LogP) is 1.87. The highest BCUT2D eigenvalue weighted by atomic mass is 16.6. The lowest BCUT2D eigenvalue weighted by Gasteiger charge is -2.27. The molecule has 0 amide bonds. The molecule has 21 heavy (non-hydrogen) atoms. The van der Waals surface area contributed by atoms with Gasteiger partial charge < -0.3 is 25.2 Å². The van der Waals surface area contributed by atoms with Crippen molar-refractivity contribution in [3.8, 4) is 0 Å². The van der Waals surface area contributed by atoms with E-state index in [0.29, 0.717) is 31.8 Å². The van der Waals surface area contributed by atoms with Crippen LogP contribution < -0.4 is 0 Å². The molecule has 2 aliphatic rings. The molecule has 0 aromatic carbocycles. The molecule has 0 aliphatic heterocycles. The molecule has 0 bridgehead atoms. The first-order valence-electron chi connectivity index (χ1n) is 8.10. The highest BCUT2D eigenvalue weighted by Crippen LogP contribution is 2.28. The first kappa shape index (κ1) is 16.7. The number of rotatable bonds is 6. The van der Waals surface area contributed by atoms with Crippen LogP contribution >= 0.6 is 0 Å². The summed E-state index contributed by atoms with van der Waals surface area (Å²) in [4.78, 5) is 0. The third-order valence-corrected chi connectivity index (χ3v) is 4.74. The fourth-order valence-electron chi connectivity index (χ4n) is 3.23. The summed E-state index contributed by atoms with van der Waals surface area (Å²) in [6.45, 7) is 0.543. The number of aliphatic hydroxyl groups excluding tert-OH is 4. The predicted molar refractivity (Wildman–Crippen MR) is 78.6 cm³/mol. The molecular weight excluding hydrogens is 272 g/mol. The van der Waals surface area contributed by atoms with Crippen LogP contribution in [-0.2, 0) is 4.74 Å². The van der Waals surface area contributed by atoms with Crippen molar-refractivity contribution in [3.63, 3.8) is 0 Å². The van der Waals surface area contributed by atoms with E-state index in [0.717, 1.165) is 32.1 Å². The van der Waals surface area contributed by atoms with Crippen LogP contribution in [0.2, 0.25) is 0 Å². The molecule has 0 radical (unpaired) electrons. The van der Waals surface area contributed by atoms with Gasteiger partial charge in [-0.1, -0.05) is 0 Å². The third-order valence-electron chi connectivity index (χ3n) is 4.74. The topological polar surface area (TPSA) is 90.2 Å². The molecule has 1 fully saturated rings. The lowest BCUT2D eigenvalue weighted by Crippen LogP contribution is -2.26. The number of ether oxygens (including phenoxy) is 1. The van der Waals surface area contributed by atoms with E-state index in [4.69, 9.17) is 4.74 Å². The molecule has 5 nitrogen and oxygen atoms in total. The molecule has 1 saturated carbocycles. The molecule has 2 rings (SSSR count). The van der Waals surface area contributed by atoms with E-state index in [-0.39, 0.29) is 17.8 Å². The van der Waals surface area contributed by atoms with Gasteiger partial charge in [0.15, 0.2) is 6.29 Å². The Hall–Kier alpha value is -0.620. The fraction of sp³-hybridized carbons (Fsp3) is 0.875. The molecule has 122 valence electrons. The van der Waals surface area contributed by atoms with Crippen LogP contribution in [0.15, 0.2) is 11.8 Å². The van der Waals surface area contributed by atoms with Crippen molar-refractivity contribution in [2.24, 2.45) is 11.8 Å². The number of allylic oxidation sites excluding steroid dienone is 1. The molecule has 2 unspecified atom stereocenters. The Morgan fingerprint density at radius 1 is 1.14 bits per heavy atom. The minimum atomic E-state index is -0.788. The van der Waals surface area contributed by atoms with Crippen LogP contribution in [0.4, 0.5) is 0 Å². The van der Waals surface area contributed by atoms with Gasteiger partial charge in [0.25, 0.3) is 0 Å². The second kappa shape index (κ2) is 8.13. The Kier molecular flexibility index (Phi) is 6.48. The largest absolute Gasteiger partial charge is 0.513 e. The second-order valence-electron chi connectivity index (χ2n) is 6.49. The molecular formula is C16H28O5. The van der Waals surface area contributed by atoms with Crippen molar-refractivity contribution < 1.29 is 25.2 Å². The van der Waals surface area contributed by atoms with E-state index < -0.39 is 12.4 Å². The molecule has 0 heterocycles. The summed E-state index contributed by atoms with van der Waals surface area (Å²) >= 11 is 0. The number of hydrogen-bond donors (Lipinski definition) is 4. The quantitative estimate of drug-likeness (QED) is 0.562. The van der Waals surface area contributed by atoms with Crippen LogP contribution in [0.3, 0.4) is 0 Å². The van der Waals surface area contributed by atoms with Crippen LogP contribution in [0.25, 0.3) is 0 Å². The summed E-state index contributed by atoms with van der Waals surface area (Å²) in [6, 6.07) is 0. The van der Waals surface area contributed by atoms with Gasteiger partial charge in [-0.05, 0) is 62.9 Å². The zero-order valence-corrected chi connectivity index (χ0v) is 12.5. The highest BCUT2D eigenvalue weighted by Gasteiger charge is 2.24. The summed E-state index contributed by atoms with van der Waals surface area (Å²) in [5.41, 5.74) is 0. The van der Waals surface area contributed by atoms with Crippen LogP contribution in [0, 0.1) is 11.8 Å². The van der Waals surface area contributed by atoms with E-state index in [2.05, 4.69) is 0 Å². The van der Waals surface area contributed by atoms with E-state index in [1.165, 1.54) is 6.08 Å². The standard InChI is InChI=1S/C16H28O5/c17-13-5-1-11(2-6-13)10-21-16(20)8-4-12-3-7-14(18)9-15(12)19/h9,11-13,15-20H,1-8,10H2/t11?,12?,13?,15-,16?/m1/s1. The van der Waals surface area contributed by atoms with Crippen LogP contribution in [-0.4, -0.2) is 45.5 Å². The van der Waals surface area contributed by atoms with Crippen molar-refractivity contribution in [2.75, 3.05) is 6.61 Å². The molecule has 4 N–H and O–H groups in total. The van der Waals surface area contributed by atoms with Gasteiger partial charge in [0.05, 0.1) is 24.6 Å². The van der Waals surface area contributed by atoms with E-state index in [1.54, 1.807) is 0 Å². The summed E-state index contributed by atoms with van der Waals surface area (Å²) in [7, 11) is 0. The van der Waals surface area contributed by atoms with Crippen molar-refractivity contribution in [2.45, 2.75) is 69.9 Å². The molecule has 0 spiro atoms. The number of hydrogen-bond acceptors (Lipinski definition) is 5. The zero-order chi connectivity index (χ0) is 15.2. The Labute approximate surface area is 126 Å². The van der Waals surface area contributed by atoms with E-state index in [1.807, 2.05) is 0 Å². The monoisotopic (exact) mass is 300 g/mol. The molecule has 2 aliphatic carbocycles. The Balaban J connectivity index is 1.60. The SMILES string of the molecule is OC1=C[C@@H](O)C(CCC(O)OCC2CCC(O)CC2)CC1. The fourth-order valence-corrected chi connectivity index (χ4v) is 3.23. The molecule has 3 atom stereocenters. The van der Waals surface area contributed by atoms with Crippen molar-refractivity contribution in [1.82, 2.24) is 0 Å². The molecule has 5 heteroatoms. The normalized spacial score (nSPS) is 35.3. The maximum absolute atomic E-state index is 9.88. The Bertz CT molecular complexity index is 336. The lowest BCUT2D eigenvalue weighted by molar-refractivity contribution is -0.121. The van der Waals surface area contributed by atoms with Gasteiger partial charge in [-0.25, -0.2) is 0 Å². The van der Waals surface area contributed by atoms with Crippen LogP contribution in [0.5, 0.6) is 0 Å². The van der Waals surface area contributed by atoms with Gasteiger partial charge in [-0.2, -0.15) is 0 Å². The first-order valence-corrected chi connectivity index (χ1v) is 8.10. The average Bonchev–Trinajstić information content (AvgIpc) is 2.46. The van der Waals surface area contributed by atoms with Crippen molar-refractivity contribution >= 4 is 0 Å². The minimum Gasteiger partial charge on any atom is -0.513 e. The van der Waals surface area contributed by atoms with Gasteiger partial charge in [0, 0.05) is 6.42 Å². The van der Waals surface area contributed by atoms with Crippen molar-refractivity contribution in [1.29, 1.82) is 0 Å². The molecule has 0 saturated heterocycles. The van der Waals surface area contributed by atoms with E-state index >= 15 is 0 Å².